The van der Waals surface area contributed by atoms with Crippen molar-refractivity contribution < 1.29 is 18.3 Å². The second-order valence-electron chi connectivity index (χ2n) is 11.5. The summed E-state index contributed by atoms with van der Waals surface area (Å²) in [6.45, 7) is 5.86. The second kappa shape index (κ2) is 12.6. The largest absolute Gasteiger partial charge is 0.496 e. The van der Waals surface area contributed by atoms with Crippen molar-refractivity contribution in [3.63, 3.8) is 0 Å². The summed E-state index contributed by atoms with van der Waals surface area (Å²) in [4.78, 5) is 20.2. The summed E-state index contributed by atoms with van der Waals surface area (Å²) < 4.78 is 31.9. The van der Waals surface area contributed by atoms with Gasteiger partial charge in [0, 0.05) is 59.8 Å². The molecule has 2 aromatic carbocycles. The van der Waals surface area contributed by atoms with E-state index >= 15 is 0 Å². The van der Waals surface area contributed by atoms with Crippen LogP contribution in [0, 0.1) is 30.1 Å². The fourth-order valence-corrected chi connectivity index (χ4v) is 6.18. The summed E-state index contributed by atoms with van der Waals surface area (Å²) in [6.07, 6.45) is 4.55. The van der Waals surface area contributed by atoms with Crippen LogP contribution in [-0.2, 0) is 6.54 Å². The molecule has 0 spiro atoms. The number of nitrogens with one attached hydrogen (secondary N) is 2. The van der Waals surface area contributed by atoms with Crippen LogP contribution in [0.25, 0.3) is 10.9 Å². The molecule has 3 heterocycles. The Morgan fingerprint density at radius 2 is 2.02 bits per heavy atom. The number of amides is 1. The van der Waals surface area contributed by atoms with Crippen LogP contribution in [0.4, 0.5) is 8.78 Å². The van der Waals surface area contributed by atoms with Crippen molar-refractivity contribution in [2.24, 2.45) is 5.92 Å². The van der Waals surface area contributed by atoms with Crippen molar-refractivity contribution >= 4 is 16.8 Å². The number of H-pyrrole nitrogens is 1. The van der Waals surface area contributed by atoms with Crippen LogP contribution in [0.5, 0.6) is 5.75 Å². The average molecular weight is 825 g/mol. The zero-order valence-electron chi connectivity index (χ0n) is 24.2. The van der Waals surface area contributed by atoms with Crippen molar-refractivity contribution in [1.82, 2.24) is 20.1 Å². The molecule has 2 aliphatic heterocycles. The molecule has 3 aromatic rings. The van der Waals surface area contributed by atoms with Gasteiger partial charge in [0.05, 0.1) is 26.3 Å². The first kappa shape index (κ1) is 30.5. The van der Waals surface area contributed by atoms with Gasteiger partial charge in [0.25, 0.3) is 11.8 Å². The number of aromatic nitrogens is 1. The molecule has 2 saturated heterocycles. The summed E-state index contributed by atoms with van der Waals surface area (Å²) in [5.74, 6) is -0.577. The van der Waals surface area contributed by atoms with Gasteiger partial charge in [-0.3, -0.25) is 14.6 Å². The van der Waals surface area contributed by atoms with E-state index in [2.05, 4.69) is 40.3 Å². The van der Waals surface area contributed by atoms with Crippen molar-refractivity contribution in [3.8, 4) is 11.8 Å². The summed E-state index contributed by atoms with van der Waals surface area (Å²) >= 11 is 0. The molecule has 233 valence electrons. The van der Waals surface area contributed by atoms with E-state index in [0.29, 0.717) is 25.2 Å². The molecule has 1 amide bonds. The van der Waals surface area contributed by atoms with E-state index in [9.17, 15) is 18.8 Å². The predicted octanol–water partition coefficient (Wildman–Crippen LogP) is 5.63. The number of likely N-dealkylation sites (tertiary alicyclic amines) is 2. The number of rotatable bonds is 10. The van der Waals surface area contributed by atoms with Crippen molar-refractivity contribution in [2.75, 3.05) is 39.8 Å². The van der Waals surface area contributed by atoms with Gasteiger partial charge in [0.15, 0.2) is 0 Å². The Morgan fingerprint density at radius 1 is 1.29 bits per heavy atom. The third kappa shape index (κ3) is 6.53. The minimum atomic E-state index is -2.60. The molecular weight excluding hydrogens is 786 g/mol. The molecule has 10 heteroatoms. The Balaban J connectivity index is 0.00000405. The van der Waals surface area contributed by atoms with Gasteiger partial charge in [-0.15, -0.1) is 0 Å². The Labute approximate surface area is 240 Å². The summed E-state index contributed by atoms with van der Waals surface area (Å²) in [5.41, 5.74) is 5.05. The Hall–Kier alpha value is -4.48. The number of hydrogen-bond donors (Lipinski definition) is 2. The number of alkyl halides is 2. The molecule has 0 saturated carbocycles. The van der Waals surface area contributed by atoms with Gasteiger partial charge >= 0.3 is 0 Å². The normalized spacial score (nSPS) is 19.9. The molecule has 5 rings (SSSR count). The quantitative estimate of drug-likeness (QED) is 0.260. The minimum absolute atomic E-state index is 0. The summed E-state index contributed by atoms with van der Waals surface area (Å²) in [7, 11) is 1.71. The maximum Gasteiger partial charge on any atom is 0.272 e. The number of nitriles is 1. The molecule has 2 aliphatic rings. The number of hydrogen-bond acceptors (Lipinski definition) is 5. The molecule has 42 heavy (non-hydrogen) atoms. The molecule has 2 atom stereocenters. The average Bonchev–Trinajstić information content (AvgIpc) is 3.45. The first-order valence-corrected chi connectivity index (χ1v) is 14.3. The third-order valence-electron chi connectivity index (χ3n) is 8.36. The number of carbonyl (C=O) groups excluding carboxylic acids is 1. The minimum Gasteiger partial charge on any atom is -0.496 e. The summed E-state index contributed by atoms with van der Waals surface area (Å²) in [6, 6.07) is 14.3. The monoisotopic (exact) mass is 824 g/mol. The fraction of sp³-hybridized carbons (Fsp3) is 0.469. The zero-order chi connectivity index (χ0) is 29.1. The first-order valence-electron chi connectivity index (χ1n) is 14.3. The number of piperidine rings is 1. The standard InChI is InChI=1S/C32H38F2N5O2.Lr/c1-21(17-35)14-23-9-12-39(18-27-26-8-10-36-30(26)22(2)15-29(27)41-3)28(16-23)24-4-6-25(7-5-24)31(40)37-11-13-38-19-32(33,34)20-38;/h4-8,10,15,21,28,36H,9,11-14,16,18-20H2,1-3H3,(H,37,40);/q-1;/t21-,28-;/m0./s1. The van der Waals surface area contributed by atoms with Crippen LogP contribution in [-0.4, -0.2) is 66.4 Å². The van der Waals surface area contributed by atoms with Crippen molar-refractivity contribution in [2.45, 2.75) is 51.6 Å². The van der Waals surface area contributed by atoms with Crippen LogP contribution in [0.1, 0.15) is 59.3 Å². The number of carbonyl (C=O) groups is 1. The Bertz CT molecular complexity index is 1410. The van der Waals surface area contributed by atoms with E-state index in [4.69, 9.17) is 4.74 Å². The van der Waals surface area contributed by atoms with Gasteiger partial charge in [-0.05, 0) is 48.9 Å². The maximum atomic E-state index is 13.0. The van der Waals surface area contributed by atoms with E-state index in [1.807, 2.05) is 37.4 Å². The van der Waals surface area contributed by atoms with Gasteiger partial charge in [-0.25, -0.2) is 8.78 Å². The molecule has 2 N–H and O–H groups in total. The smallest absolute Gasteiger partial charge is 0.272 e. The molecule has 2 fully saturated rings. The molecule has 0 unspecified atom stereocenters. The Kier molecular flexibility index (Phi) is 9.13. The predicted molar refractivity (Wildman–Crippen MR) is 155 cm³/mol. The maximum absolute atomic E-state index is 13.0. The Morgan fingerprint density at radius 3 is 2.69 bits per heavy atom. The SMILES string of the molecule is COc1cc(C)c2[nH]ccc2c1CN1CC[C-](C[C@H](C)C#N)C[C@H]1c1ccc(C(=O)NCCN2CC(F)(F)C2)cc1.[Lr]. The summed E-state index contributed by atoms with van der Waals surface area (Å²) in [5, 5.41) is 13.4. The molecule has 1 radical (unpaired) electrons. The zero-order valence-corrected chi connectivity index (χ0v) is 26.4. The molecule has 1 aromatic heterocycles. The molecule has 0 aliphatic carbocycles. The first-order chi connectivity index (χ1) is 19.7. The van der Waals surface area contributed by atoms with Crippen molar-refractivity contribution in [3.05, 3.63) is 70.8 Å². The number of aryl methyl sites for hydroxylation is 1. The van der Waals surface area contributed by atoms with E-state index in [1.165, 1.54) is 5.92 Å². The topological polar surface area (TPSA) is 84.4 Å². The van der Waals surface area contributed by atoms with Crippen LogP contribution < -0.4 is 10.1 Å². The van der Waals surface area contributed by atoms with Crippen LogP contribution in [0.3, 0.4) is 0 Å². The third-order valence-corrected chi connectivity index (χ3v) is 8.36. The number of benzene rings is 2. The fourth-order valence-electron chi connectivity index (χ4n) is 6.18. The van der Waals surface area contributed by atoms with Crippen LogP contribution in [0.2, 0.25) is 0 Å². The molecule has 7 nitrogen and oxygen atoms in total. The van der Waals surface area contributed by atoms with Gasteiger partial charge < -0.3 is 21.0 Å². The van der Waals surface area contributed by atoms with E-state index in [1.54, 1.807) is 12.0 Å². The van der Waals surface area contributed by atoms with Gasteiger partial charge in [0.1, 0.15) is 5.75 Å². The van der Waals surface area contributed by atoms with Gasteiger partial charge in [-0.1, -0.05) is 19.1 Å². The van der Waals surface area contributed by atoms with Gasteiger partial charge in [-0.2, -0.15) is 24.5 Å². The molecular formula is C32H38F2LrN5O2-. The van der Waals surface area contributed by atoms with Crippen LogP contribution in [0.15, 0.2) is 42.6 Å². The van der Waals surface area contributed by atoms with Crippen molar-refractivity contribution in [1.29, 1.82) is 5.26 Å². The van der Waals surface area contributed by atoms with Crippen LogP contribution >= 0.6 is 0 Å². The van der Waals surface area contributed by atoms with E-state index in [0.717, 1.165) is 59.2 Å². The number of nitrogens with zero attached hydrogens (tertiary/aromatic N) is 3. The number of halogens is 2. The number of ether oxygens (including phenoxy) is 1. The van der Waals surface area contributed by atoms with E-state index in [-0.39, 0.29) is 31.0 Å². The number of fused-ring (bicyclic) bond motifs is 1. The number of aromatic amines is 1. The second-order valence-corrected chi connectivity index (χ2v) is 11.5. The number of methoxy groups -OCH3 is 1. The van der Waals surface area contributed by atoms with Gasteiger partial charge in [0.2, 0.25) is 0 Å². The van der Waals surface area contributed by atoms with E-state index < -0.39 is 5.92 Å². The molecule has 0 bridgehead atoms.